The molecular weight excluding hydrogens is 318 g/mol. The average molecular weight is 341 g/mol. The van der Waals surface area contributed by atoms with Gasteiger partial charge in [0.2, 0.25) is 5.91 Å². The van der Waals surface area contributed by atoms with Gasteiger partial charge >= 0.3 is 0 Å². The average Bonchev–Trinajstić information content (AvgIpc) is 2.92. The number of hydrogen-bond donors (Lipinski definition) is 1. The second-order valence-corrected chi connectivity index (χ2v) is 6.45. The zero-order valence-corrected chi connectivity index (χ0v) is 14.6. The van der Waals surface area contributed by atoms with E-state index in [9.17, 15) is 9.90 Å². The van der Waals surface area contributed by atoms with Gasteiger partial charge < -0.3 is 14.7 Å². The van der Waals surface area contributed by atoms with Crippen LogP contribution in [0.15, 0.2) is 30.3 Å². The molecular formula is C19H23N3O3. The fourth-order valence-electron chi connectivity index (χ4n) is 3.23. The highest BCUT2D eigenvalue weighted by Gasteiger charge is 2.29. The molecule has 25 heavy (non-hydrogen) atoms. The Bertz CT molecular complexity index is 763. The third-order valence-electron chi connectivity index (χ3n) is 4.41. The zero-order chi connectivity index (χ0) is 17.8. The van der Waals surface area contributed by atoms with E-state index in [1.807, 2.05) is 24.0 Å². The molecule has 1 saturated heterocycles. The Labute approximate surface area is 147 Å². The summed E-state index contributed by atoms with van der Waals surface area (Å²) >= 11 is 0. The lowest BCUT2D eigenvalue weighted by Crippen LogP contribution is -2.29. The molecule has 1 aromatic heterocycles. The second kappa shape index (κ2) is 7.61. The van der Waals surface area contributed by atoms with Gasteiger partial charge in [0.25, 0.3) is 0 Å². The maximum Gasteiger partial charge on any atom is 0.223 e. The molecule has 0 radical (unpaired) electrons. The lowest BCUT2D eigenvalue weighted by atomic mass is 10.0. The summed E-state index contributed by atoms with van der Waals surface area (Å²) in [6, 6.07) is 9.01. The molecule has 3 rings (SSSR count). The molecule has 0 bridgehead atoms. The maximum absolute atomic E-state index is 12.1. The number of phenolic OH excluding ortho intramolecular Hbond substituents is 1. The van der Waals surface area contributed by atoms with Crippen molar-refractivity contribution in [3.05, 3.63) is 41.7 Å². The van der Waals surface area contributed by atoms with Crippen LogP contribution in [-0.4, -0.2) is 52.7 Å². The lowest BCUT2D eigenvalue weighted by molar-refractivity contribution is -0.128. The maximum atomic E-state index is 12.1. The van der Waals surface area contributed by atoms with Crippen LogP contribution in [0.1, 0.15) is 17.8 Å². The summed E-state index contributed by atoms with van der Waals surface area (Å²) in [5.74, 6) is 1.11. The van der Waals surface area contributed by atoms with Crippen LogP contribution >= 0.6 is 0 Å². The van der Waals surface area contributed by atoms with E-state index in [4.69, 9.17) is 4.74 Å². The number of para-hydroxylation sites is 1. The van der Waals surface area contributed by atoms with E-state index in [1.165, 1.54) is 0 Å². The number of aromatic hydroxyl groups is 1. The van der Waals surface area contributed by atoms with Crippen molar-refractivity contribution in [1.82, 2.24) is 14.9 Å². The van der Waals surface area contributed by atoms with E-state index in [0.717, 1.165) is 24.4 Å². The quantitative estimate of drug-likeness (QED) is 0.872. The Morgan fingerprint density at radius 2 is 2.12 bits per heavy atom. The predicted molar refractivity (Wildman–Crippen MR) is 94.1 cm³/mol. The number of carbonyl (C=O) groups is 1. The molecule has 0 aliphatic carbocycles. The fraction of sp³-hybridized carbons (Fsp3) is 0.421. The summed E-state index contributed by atoms with van der Waals surface area (Å²) in [5, 5.41) is 10.0. The molecule has 2 aromatic rings. The minimum absolute atomic E-state index is 0.167. The largest absolute Gasteiger partial charge is 0.507 e. The molecule has 1 atom stereocenters. The number of aromatic nitrogens is 2. The van der Waals surface area contributed by atoms with Crippen molar-refractivity contribution < 1.29 is 14.6 Å². The van der Waals surface area contributed by atoms with Gasteiger partial charge in [-0.05, 0) is 37.5 Å². The zero-order valence-electron chi connectivity index (χ0n) is 14.6. The van der Waals surface area contributed by atoms with Gasteiger partial charge in [-0.1, -0.05) is 12.1 Å². The number of aryl methyl sites for hydroxylation is 1. The van der Waals surface area contributed by atoms with Crippen molar-refractivity contribution >= 4 is 5.91 Å². The van der Waals surface area contributed by atoms with E-state index in [2.05, 4.69) is 9.97 Å². The summed E-state index contributed by atoms with van der Waals surface area (Å²) in [6.07, 6.45) is 1.26. The molecule has 6 heteroatoms. The van der Waals surface area contributed by atoms with Crippen LogP contribution < -0.4 is 0 Å². The first-order valence-electron chi connectivity index (χ1n) is 8.46. The minimum Gasteiger partial charge on any atom is -0.507 e. The molecule has 1 fully saturated rings. The highest BCUT2D eigenvalue weighted by molar-refractivity contribution is 5.78. The number of carbonyl (C=O) groups excluding carboxylic acids is 1. The SMILES string of the molecule is COCCN1C[C@H](Cc2cc(C)nc(-c3ccccc3O)n2)CC1=O. The number of benzene rings is 1. The van der Waals surface area contributed by atoms with Crippen LogP contribution in [0.4, 0.5) is 0 Å². The molecule has 1 N–H and O–H groups in total. The van der Waals surface area contributed by atoms with Crippen LogP contribution in [0, 0.1) is 12.8 Å². The van der Waals surface area contributed by atoms with Crippen molar-refractivity contribution in [3.63, 3.8) is 0 Å². The van der Waals surface area contributed by atoms with Crippen molar-refractivity contribution in [3.8, 4) is 17.1 Å². The first kappa shape index (κ1) is 17.4. The summed E-state index contributed by atoms with van der Waals surface area (Å²) < 4.78 is 5.06. The van der Waals surface area contributed by atoms with Crippen LogP contribution in [0.3, 0.4) is 0 Å². The number of ether oxygens (including phenoxy) is 1. The molecule has 0 saturated carbocycles. The number of nitrogens with zero attached hydrogens (tertiary/aromatic N) is 3. The third-order valence-corrected chi connectivity index (χ3v) is 4.41. The predicted octanol–water partition coefficient (Wildman–Crippen LogP) is 2.20. The Balaban J connectivity index is 1.76. The number of hydrogen-bond acceptors (Lipinski definition) is 5. The van der Waals surface area contributed by atoms with Gasteiger partial charge in [-0.2, -0.15) is 0 Å². The summed E-state index contributed by atoms with van der Waals surface area (Å²) in [5.41, 5.74) is 2.37. The van der Waals surface area contributed by atoms with Crippen LogP contribution in [0.2, 0.25) is 0 Å². The molecule has 1 aliphatic rings. The van der Waals surface area contributed by atoms with Crippen LogP contribution in [-0.2, 0) is 16.0 Å². The minimum atomic E-state index is 0.167. The molecule has 6 nitrogen and oxygen atoms in total. The van der Waals surface area contributed by atoms with Gasteiger partial charge in [0.15, 0.2) is 5.82 Å². The van der Waals surface area contributed by atoms with Crippen LogP contribution in [0.25, 0.3) is 11.4 Å². The number of phenols is 1. The van der Waals surface area contributed by atoms with Gasteiger partial charge in [-0.25, -0.2) is 9.97 Å². The van der Waals surface area contributed by atoms with Crippen molar-refractivity contribution in [1.29, 1.82) is 0 Å². The van der Waals surface area contributed by atoms with E-state index in [1.54, 1.807) is 25.3 Å². The Morgan fingerprint density at radius 1 is 1.32 bits per heavy atom. The van der Waals surface area contributed by atoms with Gasteiger partial charge in [-0.3, -0.25) is 4.79 Å². The highest BCUT2D eigenvalue weighted by atomic mass is 16.5. The van der Waals surface area contributed by atoms with Crippen molar-refractivity contribution in [2.75, 3.05) is 26.8 Å². The lowest BCUT2D eigenvalue weighted by Gasteiger charge is -2.16. The first-order valence-corrected chi connectivity index (χ1v) is 8.46. The fourth-order valence-corrected chi connectivity index (χ4v) is 3.23. The molecule has 1 aromatic carbocycles. The monoisotopic (exact) mass is 341 g/mol. The second-order valence-electron chi connectivity index (χ2n) is 6.45. The smallest absolute Gasteiger partial charge is 0.223 e. The standard InChI is InChI=1S/C19H23N3O3/c1-13-9-15(10-14-11-18(24)22(12-14)7-8-25-2)21-19(20-13)16-5-3-4-6-17(16)23/h3-6,9,14,23H,7-8,10-12H2,1-2H3/t14-/m1/s1. The normalized spacial score (nSPS) is 17.3. The van der Waals surface area contributed by atoms with Gasteiger partial charge in [-0.15, -0.1) is 0 Å². The molecule has 1 aliphatic heterocycles. The van der Waals surface area contributed by atoms with E-state index >= 15 is 0 Å². The Kier molecular flexibility index (Phi) is 5.28. The number of rotatable bonds is 6. The molecule has 1 amide bonds. The van der Waals surface area contributed by atoms with Gasteiger partial charge in [0, 0.05) is 38.0 Å². The summed E-state index contributed by atoms with van der Waals surface area (Å²) in [6.45, 7) is 3.84. The van der Waals surface area contributed by atoms with Crippen molar-refractivity contribution in [2.45, 2.75) is 19.8 Å². The Morgan fingerprint density at radius 3 is 2.88 bits per heavy atom. The highest BCUT2D eigenvalue weighted by Crippen LogP contribution is 2.27. The van der Waals surface area contributed by atoms with E-state index in [-0.39, 0.29) is 17.6 Å². The topological polar surface area (TPSA) is 75.6 Å². The molecule has 2 heterocycles. The molecule has 132 valence electrons. The molecule has 0 spiro atoms. The van der Waals surface area contributed by atoms with E-state index in [0.29, 0.717) is 31.0 Å². The van der Waals surface area contributed by atoms with Crippen LogP contribution in [0.5, 0.6) is 5.75 Å². The number of amides is 1. The van der Waals surface area contributed by atoms with Gasteiger partial charge in [0.05, 0.1) is 12.2 Å². The first-order chi connectivity index (χ1) is 12.1. The van der Waals surface area contributed by atoms with Gasteiger partial charge in [0.1, 0.15) is 5.75 Å². The Hall–Kier alpha value is -2.47. The van der Waals surface area contributed by atoms with E-state index < -0.39 is 0 Å². The molecule has 0 unspecified atom stereocenters. The third kappa shape index (κ3) is 4.14. The summed E-state index contributed by atoms with van der Waals surface area (Å²) in [7, 11) is 1.64. The summed E-state index contributed by atoms with van der Waals surface area (Å²) in [4.78, 5) is 23.0. The van der Waals surface area contributed by atoms with Crippen molar-refractivity contribution in [2.24, 2.45) is 5.92 Å². The number of likely N-dealkylation sites (tertiary alicyclic amines) is 1. The number of methoxy groups -OCH3 is 1.